The highest BCUT2D eigenvalue weighted by molar-refractivity contribution is 6.41. The number of aromatic nitrogens is 1. The first-order chi connectivity index (χ1) is 8.52. The molecule has 0 radical (unpaired) electrons. The number of aliphatic hydroxyl groups is 1. The van der Waals surface area contributed by atoms with Crippen LogP contribution in [0.15, 0.2) is 24.3 Å². The van der Waals surface area contributed by atoms with Gasteiger partial charge in [-0.1, -0.05) is 46.4 Å². The summed E-state index contributed by atoms with van der Waals surface area (Å²) in [5.74, 6) is 0. The van der Waals surface area contributed by atoms with Gasteiger partial charge < -0.3 is 5.11 Å². The van der Waals surface area contributed by atoms with E-state index in [1.54, 1.807) is 24.3 Å². The highest BCUT2D eigenvalue weighted by Gasteiger charge is 2.13. The lowest BCUT2D eigenvalue weighted by atomic mass is 10.1. The van der Waals surface area contributed by atoms with Crippen LogP contribution in [-0.2, 0) is 6.61 Å². The minimum absolute atomic E-state index is 0.254. The maximum Gasteiger partial charge on any atom is 0.0868 e. The number of hydrogen-bond acceptors (Lipinski definition) is 2. The van der Waals surface area contributed by atoms with Crippen LogP contribution in [0.3, 0.4) is 0 Å². The molecule has 94 valence electrons. The Morgan fingerprint density at radius 3 is 2.11 bits per heavy atom. The molecule has 2 rings (SSSR count). The van der Waals surface area contributed by atoms with Crippen LogP contribution < -0.4 is 0 Å². The number of pyridine rings is 1. The molecule has 18 heavy (non-hydrogen) atoms. The zero-order valence-corrected chi connectivity index (χ0v) is 11.9. The van der Waals surface area contributed by atoms with Crippen molar-refractivity contribution in [2.24, 2.45) is 0 Å². The number of halogens is 4. The highest BCUT2D eigenvalue weighted by Crippen LogP contribution is 2.36. The topological polar surface area (TPSA) is 33.1 Å². The van der Waals surface area contributed by atoms with Crippen LogP contribution in [0.4, 0.5) is 0 Å². The van der Waals surface area contributed by atoms with E-state index >= 15 is 0 Å². The number of hydrogen-bond donors (Lipinski definition) is 1. The Bertz CT molecular complexity index is 578. The van der Waals surface area contributed by atoms with Crippen LogP contribution in [0.1, 0.15) is 5.69 Å². The van der Waals surface area contributed by atoms with Crippen LogP contribution in [0, 0.1) is 0 Å². The van der Waals surface area contributed by atoms with E-state index in [1.807, 2.05) is 0 Å². The molecule has 0 fully saturated rings. The number of rotatable bonds is 2. The van der Waals surface area contributed by atoms with Crippen LogP contribution in [0.25, 0.3) is 11.3 Å². The fourth-order valence-corrected chi connectivity index (χ4v) is 2.70. The minimum atomic E-state index is -0.254. The highest BCUT2D eigenvalue weighted by atomic mass is 35.5. The van der Waals surface area contributed by atoms with Gasteiger partial charge in [0.15, 0.2) is 0 Å². The zero-order chi connectivity index (χ0) is 13.3. The molecule has 1 N–H and O–H groups in total. The summed E-state index contributed by atoms with van der Waals surface area (Å²) in [6.07, 6.45) is 0. The van der Waals surface area contributed by atoms with Crippen molar-refractivity contribution in [3.63, 3.8) is 0 Å². The van der Waals surface area contributed by atoms with Gasteiger partial charge in [0.2, 0.25) is 0 Å². The summed E-state index contributed by atoms with van der Waals surface area (Å²) < 4.78 is 0. The Morgan fingerprint density at radius 1 is 0.944 bits per heavy atom. The minimum Gasteiger partial charge on any atom is -0.390 e. The molecule has 0 saturated heterocycles. The predicted octanol–water partition coefficient (Wildman–Crippen LogP) is 4.85. The van der Waals surface area contributed by atoms with Gasteiger partial charge in [-0.05, 0) is 24.3 Å². The lowest BCUT2D eigenvalue weighted by Gasteiger charge is -2.09. The molecule has 0 amide bonds. The van der Waals surface area contributed by atoms with Crippen molar-refractivity contribution in [3.8, 4) is 11.3 Å². The maximum absolute atomic E-state index is 9.14. The van der Waals surface area contributed by atoms with Gasteiger partial charge in [0.05, 0.1) is 33.1 Å². The van der Waals surface area contributed by atoms with Crippen molar-refractivity contribution in [1.82, 2.24) is 4.98 Å². The maximum atomic E-state index is 9.14. The molecule has 1 heterocycles. The van der Waals surface area contributed by atoms with Gasteiger partial charge in [-0.25, -0.2) is 4.98 Å². The van der Waals surface area contributed by atoms with E-state index in [1.165, 1.54) is 0 Å². The second-order valence-electron chi connectivity index (χ2n) is 3.53. The molecule has 0 unspecified atom stereocenters. The fraction of sp³-hybridized carbons (Fsp3) is 0.0833. The van der Waals surface area contributed by atoms with Gasteiger partial charge >= 0.3 is 0 Å². The number of nitrogens with zero attached hydrogens (tertiary/aromatic N) is 1. The monoisotopic (exact) mass is 321 g/mol. The third kappa shape index (κ3) is 2.73. The first kappa shape index (κ1) is 13.9. The van der Waals surface area contributed by atoms with E-state index in [0.717, 1.165) is 0 Å². The average Bonchev–Trinajstić information content (AvgIpc) is 2.30. The van der Waals surface area contributed by atoms with Crippen molar-refractivity contribution in [2.45, 2.75) is 6.61 Å². The summed E-state index contributed by atoms with van der Waals surface area (Å²) in [6, 6.07) is 6.48. The van der Waals surface area contributed by atoms with Crippen molar-refractivity contribution in [1.29, 1.82) is 0 Å². The Kier molecular flexibility index (Phi) is 4.36. The number of aliphatic hydroxyl groups excluding tert-OH is 1. The molecular weight excluding hydrogens is 316 g/mol. The summed E-state index contributed by atoms with van der Waals surface area (Å²) in [5, 5.41) is 10.8. The third-order valence-electron chi connectivity index (χ3n) is 2.33. The summed E-state index contributed by atoms with van der Waals surface area (Å²) in [4.78, 5) is 4.22. The quantitative estimate of drug-likeness (QED) is 0.857. The molecule has 0 bridgehead atoms. The summed E-state index contributed by atoms with van der Waals surface area (Å²) in [5.41, 5.74) is 1.47. The van der Waals surface area contributed by atoms with Crippen LogP contribution in [0.2, 0.25) is 20.1 Å². The van der Waals surface area contributed by atoms with Crippen LogP contribution in [-0.4, -0.2) is 10.1 Å². The number of benzene rings is 1. The second kappa shape index (κ2) is 5.64. The largest absolute Gasteiger partial charge is 0.390 e. The van der Waals surface area contributed by atoms with E-state index < -0.39 is 0 Å². The molecule has 0 aliphatic carbocycles. The van der Waals surface area contributed by atoms with E-state index in [4.69, 9.17) is 51.5 Å². The molecule has 0 atom stereocenters. The van der Waals surface area contributed by atoms with E-state index in [2.05, 4.69) is 4.98 Å². The van der Waals surface area contributed by atoms with Gasteiger partial charge in [0.25, 0.3) is 0 Å². The summed E-state index contributed by atoms with van der Waals surface area (Å²) >= 11 is 23.9. The fourth-order valence-electron chi connectivity index (χ4n) is 1.52. The molecule has 6 heteroatoms. The Hall–Kier alpha value is -0.510. The first-order valence-corrected chi connectivity index (χ1v) is 6.45. The van der Waals surface area contributed by atoms with Crippen molar-refractivity contribution >= 4 is 46.4 Å². The molecule has 1 aromatic heterocycles. The normalized spacial score (nSPS) is 10.7. The zero-order valence-electron chi connectivity index (χ0n) is 8.92. The van der Waals surface area contributed by atoms with Crippen molar-refractivity contribution in [2.75, 3.05) is 0 Å². The van der Waals surface area contributed by atoms with Crippen molar-refractivity contribution < 1.29 is 5.11 Å². The SMILES string of the molecule is OCc1nc(-c2c(Cl)cc(Cl)cc2Cl)ccc1Cl. The second-order valence-corrected chi connectivity index (χ2v) is 5.19. The lowest BCUT2D eigenvalue weighted by molar-refractivity contribution is 0.277. The Morgan fingerprint density at radius 2 is 1.56 bits per heavy atom. The van der Waals surface area contributed by atoms with E-state index in [-0.39, 0.29) is 6.61 Å². The average molecular weight is 323 g/mol. The van der Waals surface area contributed by atoms with Gasteiger partial charge in [-0.2, -0.15) is 0 Å². The smallest absolute Gasteiger partial charge is 0.0868 e. The van der Waals surface area contributed by atoms with Gasteiger partial charge in [0.1, 0.15) is 0 Å². The predicted molar refractivity (Wildman–Crippen MR) is 75.6 cm³/mol. The van der Waals surface area contributed by atoms with E-state index in [0.29, 0.717) is 37.0 Å². The molecule has 0 aliphatic heterocycles. The molecule has 2 aromatic rings. The Labute approximate surface area is 124 Å². The molecule has 2 nitrogen and oxygen atoms in total. The molecule has 0 spiro atoms. The first-order valence-electron chi connectivity index (χ1n) is 4.94. The Balaban J connectivity index is 2.62. The lowest BCUT2D eigenvalue weighted by Crippen LogP contribution is -1.94. The van der Waals surface area contributed by atoms with E-state index in [9.17, 15) is 0 Å². The standard InChI is InChI=1S/C12H7Cl4NO/c13-6-3-8(15)12(9(16)4-6)10-2-1-7(14)11(5-18)17-10/h1-4,18H,5H2. The van der Waals surface area contributed by atoms with Crippen molar-refractivity contribution in [3.05, 3.63) is 50.0 Å². The van der Waals surface area contributed by atoms with Gasteiger partial charge in [-0.3, -0.25) is 0 Å². The van der Waals surface area contributed by atoms with Gasteiger partial charge in [-0.15, -0.1) is 0 Å². The summed E-state index contributed by atoms with van der Waals surface area (Å²) in [7, 11) is 0. The van der Waals surface area contributed by atoms with Crippen LogP contribution >= 0.6 is 46.4 Å². The molecule has 0 saturated carbocycles. The molecular formula is C12H7Cl4NO. The van der Waals surface area contributed by atoms with Gasteiger partial charge in [0, 0.05) is 10.6 Å². The third-order valence-corrected chi connectivity index (χ3v) is 3.49. The van der Waals surface area contributed by atoms with Crippen LogP contribution in [0.5, 0.6) is 0 Å². The summed E-state index contributed by atoms with van der Waals surface area (Å²) in [6.45, 7) is -0.254. The molecule has 1 aromatic carbocycles. The molecule has 0 aliphatic rings.